The van der Waals surface area contributed by atoms with Crippen molar-refractivity contribution in [2.24, 2.45) is 5.92 Å². The Labute approximate surface area is 127 Å². The van der Waals surface area contributed by atoms with E-state index in [2.05, 4.69) is 23.5 Å². The first-order valence-electron chi connectivity index (χ1n) is 7.37. The highest BCUT2D eigenvalue weighted by atomic mass is 32.2. The molecule has 21 heavy (non-hydrogen) atoms. The second-order valence-corrected chi connectivity index (χ2v) is 7.39. The molecule has 0 unspecified atom stereocenters. The number of hydrogen-bond acceptors (Lipinski definition) is 4. The average Bonchev–Trinajstić information content (AvgIpc) is 2.49. The van der Waals surface area contributed by atoms with Crippen molar-refractivity contribution in [2.75, 3.05) is 32.8 Å². The molecule has 2 rings (SSSR count). The smallest absolute Gasteiger partial charge is 0.240 e. The molecular weight excluding hydrogens is 288 g/mol. The molecule has 1 aromatic carbocycles. The van der Waals surface area contributed by atoms with Crippen LogP contribution in [-0.4, -0.2) is 52.2 Å². The zero-order chi connectivity index (χ0) is 15.3. The lowest BCUT2D eigenvalue weighted by atomic mass is 10.0. The fraction of sp³-hybridized carbons (Fsp3) is 0.600. The molecular formula is C15H24N2O3S. The van der Waals surface area contributed by atoms with E-state index in [1.54, 1.807) is 24.3 Å². The Hall–Kier alpha value is -0.950. The highest BCUT2D eigenvalue weighted by Crippen LogP contribution is 2.14. The second kappa shape index (κ2) is 7.35. The summed E-state index contributed by atoms with van der Waals surface area (Å²) < 4.78 is 32.7. The SMILES string of the molecule is CC(C)[C@H](CNS(=O)(=O)c1ccccc1)N1CCOCC1. The summed E-state index contributed by atoms with van der Waals surface area (Å²) in [6, 6.07) is 8.69. The Balaban J connectivity index is 2.01. The zero-order valence-electron chi connectivity index (χ0n) is 12.7. The van der Waals surface area contributed by atoms with Gasteiger partial charge in [0, 0.05) is 25.7 Å². The summed E-state index contributed by atoms with van der Waals surface area (Å²) in [5.41, 5.74) is 0. The van der Waals surface area contributed by atoms with Crippen LogP contribution >= 0.6 is 0 Å². The number of hydrogen-bond donors (Lipinski definition) is 1. The number of nitrogens with zero attached hydrogens (tertiary/aromatic N) is 1. The highest BCUT2D eigenvalue weighted by molar-refractivity contribution is 7.89. The first-order chi connectivity index (χ1) is 10.0. The van der Waals surface area contributed by atoms with E-state index in [0.717, 1.165) is 13.1 Å². The van der Waals surface area contributed by atoms with Gasteiger partial charge in [-0.15, -0.1) is 0 Å². The molecule has 0 aliphatic carbocycles. The van der Waals surface area contributed by atoms with E-state index in [4.69, 9.17) is 4.74 Å². The van der Waals surface area contributed by atoms with Gasteiger partial charge in [-0.25, -0.2) is 13.1 Å². The molecule has 0 radical (unpaired) electrons. The van der Waals surface area contributed by atoms with Crippen LogP contribution in [-0.2, 0) is 14.8 Å². The summed E-state index contributed by atoms with van der Waals surface area (Å²) in [7, 11) is -3.44. The molecule has 0 aromatic heterocycles. The van der Waals surface area contributed by atoms with Crippen molar-refractivity contribution in [2.45, 2.75) is 24.8 Å². The summed E-state index contributed by atoms with van der Waals surface area (Å²) in [5, 5.41) is 0. The minimum absolute atomic E-state index is 0.187. The van der Waals surface area contributed by atoms with Crippen molar-refractivity contribution in [3.63, 3.8) is 0 Å². The van der Waals surface area contributed by atoms with Crippen LogP contribution in [0.4, 0.5) is 0 Å². The standard InChI is InChI=1S/C15H24N2O3S/c1-13(2)15(17-8-10-20-11-9-17)12-16-21(18,19)14-6-4-3-5-7-14/h3-7,13,15-16H,8-12H2,1-2H3/t15-/m0/s1. The van der Waals surface area contributed by atoms with Gasteiger partial charge in [-0.1, -0.05) is 32.0 Å². The van der Waals surface area contributed by atoms with E-state index in [0.29, 0.717) is 30.6 Å². The summed E-state index contributed by atoms with van der Waals surface area (Å²) in [6.07, 6.45) is 0. The molecule has 118 valence electrons. The van der Waals surface area contributed by atoms with Crippen molar-refractivity contribution in [1.82, 2.24) is 9.62 Å². The minimum atomic E-state index is -3.44. The van der Waals surface area contributed by atoms with Crippen LogP contribution in [0.1, 0.15) is 13.8 Å². The van der Waals surface area contributed by atoms with Gasteiger partial charge in [0.25, 0.3) is 0 Å². The van der Waals surface area contributed by atoms with Crippen molar-refractivity contribution >= 4 is 10.0 Å². The molecule has 1 heterocycles. The van der Waals surface area contributed by atoms with Crippen molar-refractivity contribution < 1.29 is 13.2 Å². The Kier molecular flexibility index (Phi) is 5.75. The summed E-state index contributed by atoms with van der Waals surface area (Å²) in [4.78, 5) is 2.62. The average molecular weight is 312 g/mol. The Bertz CT molecular complexity index is 525. The maximum absolute atomic E-state index is 12.3. The van der Waals surface area contributed by atoms with Gasteiger partial charge in [0.05, 0.1) is 18.1 Å². The predicted octanol–water partition coefficient (Wildman–Crippen LogP) is 1.32. The largest absolute Gasteiger partial charge is 0.379 e. The third-order valence-electron chi connectivity index (χ3n) is 3.82. The first-order valence-corrected chi connectivity index (χ1v) is 8.85. The summed E-state index contributed by atoms with van der Waals surface area (Å²) in [5.74, 6) is 0.376. The molecule has 1 aliphatic rings. The third-order valence-corrected chi connectivity index (χ3v) is 5.26. The maximum atomic E-state index is 12.3. The van der Waals surface area contributed by atoms with Gasteiger partial charge in [-0.2, -0.15) is 0 Å². The Morgan fingerprint density at radius 3 is 2.38 bits per heavy atom. The highest BCUT2D eigenvalue weighted by Gasteiger charge is 2.25. The van der Waals surface area contributed by atoms with Crippen molar-refractivity contribution in [1.29, 1.82) is 0 Å². The van der Waals surface area contributed by atoms with E-state index in [1.807, 2.05) is 6.07 Å². The predicted molar refractivity (Wildman–Crippen MR) is 82.6 cm³/mol. The molecule has 0 saturated carbocycles. The quantitative estimate of drug-likeness (QED) is 0.861. The lowest BCUT2D eigenvalue weighted by Gasteiger charge is -2.36. The zero-order valence-corrected chi connectivity index (χ0v) is 13.5. The topological polar surface area (TPSA) is 58.6 Å². The van der Waals surface area contributed by atoms with Gasteiger partial charge in [0.1, 0.15) is 0 Å². The first kappa shape index (κ1) is 16.4. The van der Waals surface area contributed by atoms with E-state index >= 15 is 0 Å². The van der Waals surface area contributed by atoms with Crippen LogP contribution in [0.15, 0.2) is 35.2 Å². The fourth-order valence-electron chi connectivity index (χ4n) is 2.57. The molecule has 1 aromatic rings. The van der Waals surface area contributed by atoms with Gasteiger partial charge in [0.2, 0.25) is 10.0 Å². The van der Waals surface area contributed by atoms with Crippen molar-refractivity contribution in [3.8, 4) is 0 Å². The van der Waals surface area contributed by atoms with Gasteiger partial charge >= 0.3 is 0 Å². The second-order valence-electron chi connectivity index (χ2n) is 5.62. The van der Waals surface area contributed by atoms with Crippen LogP contribution in [0.25, 0.3) is 0 Å². The van der Waals surface area contributed by atoms with Crippen LogP contribution in [0.5, 0.6) is 0 Å². The lowest BCUT2D eigenvalue weighted by Crippen LogP contribution is -2.51. The van der Waals surface area contributed by atoms with E-state index in [-0.39, 0.29) is 6.04 Å². The van der Waals surface area contributed by atoms with Gasteiger partial charge in [-0.3, -0.25) is 4.90 Å². The van der Waals surface area contributed by atoms with Crippen LogP contribution in [0, 0.1) is 5.92 Å². The third kappa shape index (κ3) is 4.51. The van der Waals surface area contributed by atoms with Gasteiger partial charge in [-0.05, 0) is 18.1 Å². The van der Waals surface area contributed by atoms with Crippen molar-refractivity contribution in [3.05, 3.63) is 30.3 Å². The number of benzene rings is 1. The molecule has 6 heteroatoms. The van der Waals surface area contributed by atoms with E-state index in [9.17, 15) is 8.42 Å². The Morgan fingerprint density at radius 2 is 1.81 bits per heavy atom. The maximum Gasteiger partial charge on any atom is 0.240 e. The molecule has 1 aliphatic heterocycles. The molecule has 0 spiro atoms. The van der Waals surface area contributed by atoms with E-state index < -0.39 is 10.0 Å². The lowest BCUT2D eigenvalue weighted by molar-refractivity contribution is 0.00776. The molecule has 0 amide bonds. The van der Waals surface area contributed by atoms with Gasteiger partial charge in [0.15, 0.2) is 0 Å². The summed E-state index contributed by atoms with van der Waals surface area (Å²) >= 11 is 0. The monoisotopic (exact) mass is 312 g/mol. The molecule has 1 atom stereocenters. The number of morpholine rings is 1. The normalized spacial score (nSPS) is 18.8. The molecule has 0 bridgehead atoms. The van der Waals surface area contributed by atoms with Crippen LogP contribution in [0.3, 0.4) is 0 Å². The minimum Gasteiger partial charge on any atom is -0.379 e. The molecule has 1 saturated heterocycles. The number of rotatable bonds is 6. The molecule has 1 N–H and O–H groups in total. The number of ether oxygens (including phenoxy) is 1. The molecule has 1 fully saturated rings. The fourth-order valence-corrected chi connectivity index (χ4v) is 3.65. The van der Waals surface area contributed by atoms with E-state index in [1.165, 1.54) is 0 Å². The Morgan fingerprint density at radius 1 is 1.19 bits per heavy atom. The summed E-state index contributed by atoms with van der Waals surface area (Å²) in [6.45, 7) is 7.82. The molecule has 5 nitrogen and oxygen atoms in total. The van der Waals surface area contributed by atoms with Crippen LogP contribution < -0.4 is 4.72 Å². The van der Waals surface area contributed by atoms with Gasteiger partial charge < -0.3 is 4.74 Å². The number of sulfonamides is 1. The number of nitrogens with one attached hydrogen (secondary N) is 1. The van der Waals surface area contributed by atoms with Crippen LogP contribution in [0.2, 0.25) is 0 Å².